The molecule has 0 atom stereocenters. The minimum Gasteiger partial charge on any atom is -0.455 e. The summed E-state index contributed by atoms with van der Waals surface area (Å²) in [6, 6.07) is 61.5. The highest BCUT2D eigenvalue weighted by molar-refractivity contribution is 6.32. The highest BCUT2D eigenvalue weighted by Crippen LogP contribution is 2.43. The molecule has 12 aromatic rings. The van der Waals surface area contributed by atoms with Crippen LogP contribution in [0.2, 0.25) is 0 Å². The molecule has 254 valence electrons. The molecule has 0 aliphatic rings. The van der Waals surface area contributed by atoms with E-state index in [0.29, 0.717) is 0 Å². The molecule has 0 spiro atoms. The second kappa shape index (κ2) is 11.6. The number of para-hydroxylation sites is 2. The van der Waals surface area contributed by atoms with Crippen molar-refractivity contribution >= 4 is 108 Å². The van der Waals surface area contributed by atoms with Crippen molar-refractivity contribution in [3.05, 3.63) is 182 Å². The Kier molecular flexibility index (Phi) is 6.34. The summed E-state index contributed by atoms with van der Waals surface area (Å²) in [6.07, 6.45) is 3.75. The van der Waals surface area contributed by atoms with Gasteiger partial charge in [-0.25, -0.2) is 0 Å². The zero-order valence-corrected chi connectivity index (χ0v) is 29.6. The topological polar surface area (TPSA) is 38.9 Å². The number of aromatic nitrogens is 2. The van der Waals surface area contributed by atoms with Crippen LogP contribution >= 0.6 is 0 Å². The second-order valence-electron chi connectivity index (χ2n) is 14.4. The number of benzene rings is 7. The van der Waals surface area contributed by atoms with E-state index in [-0.39, 0.29) is 0 Å². The lowest BCUT2D eigenvalue weighted by molar-refractivity contribution is 0.670. The van der Waals surface area contributed by atoms with Gasteiger partial charge in [-0.1, -0.05) is 133 Å². The molecular formula is C52H30N2O. The van der Waals surface area contributed by atoms with E-state index in [1.54, 1.807) is 0 Å². The van der Waals surface area contributed by atoms with Gasteiger partial charge in [0.2, 0.25) is 0 Å². The van der Waals surface area contributed by atoms with Crippen molar-refractivity contribution in [2.45, 2.75) is 0 Å². The number of pyridine rings is 2. The summed E-state index contributed by atoms with van der Waals surface area (Å²) >= 11 is 0. The quantitative estimate of drug-likeness (QED) is 0.171. The molecule has 0 aliphatic heterocycles. The first-order valence-electron chi connectivity index (χ1n) is 18.7. The number of rotatable bonds is 1. The summed E-state index contributed by atoms with van der Waals surface area (Å²) in [5, 5.41) is 18.7. The fourth-order valence-corrected chi connectivity index (χ4v) is 9.12. The molecule has 12 rings (SSSR count). The maximum atomic E-state index is 6.54. The first-order valence-corrected chi connectivity index (χ1v) is 18.7. The zero-order chi connectivity index (χ0) is 36.0. The van der Waals surface area contributed by atoms with Crippen LogP contribution < -0.4 is 0 Å². The standard InChI is InChI=1S/C52H30N2O/c1-3-14-35-33(12-1)39-25-24-31(32-19-9-20-43-40-18-7-8-23-49(40)55-52(32)43)28-44(39)37-16-5-6-17-38(37)45-29-47-36-15-4-2-13-34(36)41-21-10-26-53-50(41)51-42(22-11-27-54-51)48(47)30-46(35)45/h1-30H. The number of hydrogen-bond donors (Lipinski definition) is 0. The molecule has 3 heterocycles. The van der Waals surface area contributed by atoms with Crippen LogP contribution in [0, 0.1) is 0 Å². The van der Waals surface area contributed by atoms with Gasteiger partial charge < -0.3 is 4.42 Å². The molecule has 0 radical (unpaired) electrons. The molecular weight excluding hydrogens is 669 g/mol. The zero-order valence-electron chi connectivity index (χ0n) is 29.6. The third-order valence-electron chi connectivity index (χ3n) is 11.5. The van der Waals surface area contributed by atoms with Crippen LogP contribution in [0.3, 0.4) is 0 Å². The highest BCUT2D eigenvalue weighted by Gasteiger charge is 2.16. The van der Waals surface area contributed by atoms with E-state index in [0.717, 1.165) is 65.6 Å². The highest BCUT2D eigenvalue weighted by atomic mass is 16.3. The Bertz CT molecular complexity index is 3670. The van der Waals surface area contributed by atoms with Crippen LogP contribution in [-0.2, 0) is 0 Å². The lowest BCUT2D eigenvalue weighted by atomic mass is 9.90. The monoisotopic (exact) mass is 698 g/mol. The van der Waals surface area contributed by atoms with E-state index in [2.05, 4.69) is 152 Å². The van der Waals surface area contributed by atoms with Crippen molar-refractivity contribution < 1.29 is 4.42 Å². The van der Waals surface area contributed by atoms with E-state index in [1.807, 2.05) is 30.6 Å². The molecule has 0 bridgehead atoms. The summed E-state index contributed by atoms with van der Waals surface area (Å²) < 4.78 is 6.54. The Morgan fingerprint density at radius 1 is 0.291 bits per heavy atom. The van der Waals surface area contributed by atoms with Gasteiger partial charge in [0.05, 0.1) is 11.0 Å². The lowest BCUT2D eigenvalue weighted by Gasteiger charge is -2.14. The smallest absolute Gasteiger partial charge is 0.143 e. The van der Waals surface area contributed by atoms with E-state index >= 15 is 0 Å². The Morgan fingerprint density at radius 2 is 0.709 bits per heavy atom. The number of hydrogen-bond acceptors (Lipinski definition) is 3. The minimum atomic E-state index is 0.894. The van der Waals surface area contributed by atoms with Crippen molar-refractivity contribution in [1.82, 2.24) is 9.97 Å². The Morgan fingerprint density at radius 3 is 1.31 bits per heavy atom. The third-order valence-corrected chi connectivity index (χ3v) is 11.5. The molecule has 0 aliphatic carbocycles. The first kappa shape index (κ1) is 30.1. The third kappa shape index (κ3) is 4.38. The first-order chi connectivity index (χ1) is 27.3. The predicted octanol–water partition coefficient (Wildman–Crippen LogP) is 14.4. The molecule has 55 heavy (non-hydrogen) atoms. The van der Waals surface area contributed by atoms with Gasteiger partial charge in [0, 0.05) is 39.5 Å². The van der Waals surface area contributed by atoms with Crippen LogP contribution in [-0.4, -0.2) is 9.97 Å². The van der Waals surface area contributed by atoms with Crippen molar-refractivity contribution in [1.29, 1.82) is 0 Å². The van der Waals surface area contributed by atoms with Crippen molar-refractivity contribution in [2.75, 3.05) is 0 Å². The van der Waals surface area contributed by atoms with Gasteiger partial charge >= 0.3 is 0 Å². The van der Waals surface area contributed by atoms with Gasteiger partial charge in [-0.3, -0.25) is 9.97 Å². The molecule has 0 fully saturated rings. The number of nitrogens with zero attached hydrogens (tertiary/aromatic N) is 2. The summed E-state index contributed by atoms with van der Waals surface area (Å²) in [7, 11) is 0. The Labute approximate surface area is 315 Å². The van der Waals surface area contributed by atoms with Gasteiger partial charge in [-0.2, -0.15) is 0 Å². The molecule has 9 aromatic carbocycles. The number of furan rings is 1. The van der Waals surface area contributed by atoms with Gasteiger partial charge in [0.1, 0.15) is 11.2 Å². The van der Waals surface area contributed by atoms with Gasteiger partial charge in [-0.15, -0.1) is 0 Å². The average molecular weight is 699 g/mol. The Balaban J connectivity index is 1.30. The Hall–Kier alpha value is -7.36. The average Bonchev–Trinajstić information content (AvgIpc) is 3.64. The maximum Gasteiger partial charge on any atom is 0.143 e. The van der Waals surface area contributed by atoms with Gasteiger partial charge in [-0.05, 0) is 107 Å². The SMILES string of the molecule is c1ccc2c(c1)oc1c(-c3ccc4c5ccccc5c5cc6c(cc5c5ccccc5c4c3)c3ccccc3c3cccnc3c3ncccc63)cccc12. The van der Waals surface area contributed by atoms with Crippen LogP contribution in [0.4, 0.5) is 0 Å². The minimum absolute atomic E-state index is 0.894. The lowest BCUT2D eigenvalue weighted by Crippen LogP contribution is -1.88. The summed E-state index contributed by atoms with van der Waals surface area (Å²) in [5.74, 6) is 0. The summed E-state index contributed by atoms with van der Waals surface area (Å²) in [6.45, 7) is 0. The second-order valence-corrected chi connectivity index (χ2v) is 14.4. The van der Waals surface area contributed by atoms with E-state index in [1.165, 1.54) is 53.9 Å². The normalized spacial score (nSPS) is 12.0. The van der Waals surface area contributed by atoms with Crippen LogP contribution in [0.15, 0.2) is 187 Å². The molecule has 3 nitrogen and oxygen atoms in total. The molecule has 0 saturated carbocycles. The van der Waals surface area contributed by atoms with E-state index in [9.17, 15) is 0 Å². The van der Waals surface area contributed by atoms with Crippen LogP contribution in [0.25, 0.3) is 120 Å². The van der Waals surface area contributed by atoms with Crippen molar-refractivity contribution in [3.63, 3.8) is 0 Å². The largest absolute Gasteiger partial charge is 0.455 e. The maximum absolute atomic E-state index is 6.54. The molecule has 3 heteroatoms. The van der Waals surface area contributed by atoms with Crippen molar-refractivity contribution in [2.24, 2.45) is 0 Å². The van der Waals surface area contributed by atoms with Gasteiger partial charge in [0.15, 0.2) is 0 Å². The van der Waals surface area contributed by atoms with Gasteiger partial charge in [0.25, 0.3) is 0 Å². The number of fused-ring (bicyclic) bond motifs is 19. The molecule has 0 amide bonds. The molecule has 0 saturated heterocycles. The van der Waals surface area contributed by atoms with E-state index in [4.69, 9.17) is 14.4 Å². The van der Waals surface area contributed by atoms with Crippen molar-refractivity contribution in [3.8, 4) is 11.1 Å². The predicted molar refractivity (Wildman–Crippen MR) is 232 cm³/mol. The molecule has 3 aromatic heterocycles. The fraction of sp³-hybridized carbons (Fsp3) is 0. The summed E-state index contributed by atoms with van der Waals surface area (Å²) in [5.41, 5.74) is 5.83. The fourth-order valence-electron chi connectivity index (χ4n) is 9.12. The van der Waals surface area contributed by atoms with E-state index < -0.39 is 0 Å². The molecule has 0 unspecified atom stereocenters. The summed E-state index contributed by atoms with van der Waals surface area (Å²) in [4.78, 5) is 9.91. The van der Waals surface area contributed by atoms with Crippen LogP contribution in [0.5, 0.6) is 0 Å². The van der Waals surface area contributed by atoms with Crippen LogP contribution in [0.1, 0.15) is 0 Å². The molecule has 0 N–H and O–H groups in total.